The number of thiophene rings is 1. The lowest BCUT2D eigenvalue weighted by Gasteiger charge is -2.11. The van der Waals surface area contributed by atoms with Gasteiger partial charge in [0.15, 0.2) is 5.11 Å². The first kappa shape index (κ1) is 23.2. The second kappa shape index (κ2) is 10.7. The van der Waals surface area contributed by atoms with Crippen LogP contribution in [0.4, 0.5) is 10.7 Å². The molecule has 4 rings (SSSR count). The predicted octanol–water partition coefficient (Wildman–Crippen LogP) is 5.94. The van der Waals surface area contributed by atoms with Crippen molar-refractivity contribution in [3.8, 4) is 0 Å². The summed E-state index contributed by atoms with van der Waals surface area (Å²) < 4.78 is 7.75. The first-order valence-electron chi connectivity index (χ1n) is 10.1. The quantitative estimate of drug-likeness (QED) is 0.223. The van der Waals surface area contributed by atoms with Crippen LogP contribution in [0.25, 0.3) is 0 Å². The van der Waals surface area contributed by atoms with Gasteiger partial charge in [-0.15, -0.1) is 11.3 Å². The van der Waals surface area contributed by atoms with Gasteiger partial charge in [-0.3, -0.25) is 4.68 Å². The molecule has 9 heteroatoms. The summed E-state index contributed by atoms with van der Waals surface area (Å²) in [6.07, 6.45) is 4.40. The Kier molecular flexibility index (Phi) is 7.54. The average molecular weight is 541 g/mol. The fourth-order valence-electron chi connectivity index (χ4n) is 3.31. The number of aromatic nitrogens is 2. The van der Waals surface area contributed by atoms with Crippen LogP contribution in [0.15, 0.2) is 77.5 Å². The third kappa shape index (κ3) is 6.28. The van der Waals surface area contributed by atoms with Gasteiger partial charge in [0.2, 0.25) is 0 Å². The number of esters is 1. The van der Waals surface area contributed by atoms with Gasteiger partial charge in [0.05, 0.1) is 29.9 Å². The van der Waals surface area contributed by atoms with Gasteiger partial charge in [0.1, 0.15) is 5.00 Å². The van der Waals surface area contributed by atoms with E-state index in [4.69, 9.17) is 17.0 Å². The molecule has 2 aromatic heterocycles. The smallest absolute Gasteiger partial charge is 0.340 e. The molecular formula is C24H21BrN4O2S2. The molecule has 33 heavy (non-hydrogen) atoms. The number of carbonyl (C=O) groups excluding carboxylic acids is 1. The molecule has 0 saturated heterocycles. The SMILES string of the molecule is COC(=O)c1cc(Cc2ccccc2)sc1NC(=S)Nc1cccc(Cn2cc(Br)cn2)c1. The van der Waals surface area contributed by atoms with Gasteiger partial charge >= 0.3 is 5.97 Å². The number of anilines is 2. The highest BCUT2D eigenvalue weighted by Crippen LogP contribution is 2.31. The monoisotopic (exact) mass is 540 g/mol. The molecule has 0 aliphatic heterocycles. The molecule has 168 valence electrons. The fourth-order valence-corrected chi connectivity index (χ4v) is 5.00. The molecule has 0 radical (unpaired) electrons. The fraction of sp³-hybridized carbons (Fsp3) is 0.125. The number of hydrogen-bond donors (Lipinski definition) is 2. The Hall–Kier alpha value is -3.01. The minimum absolute atomic E-state index is 0.396. The van der Waals surface area contributed by atoms with E-state index in [1.165, 1.54) is 24.0 Å². The van der Waals surface area contributed by atoms with Gasteiger partial charge in [0, 0.05) is 23.2 Å². The summed E-state index contributed by atoms with van der Waals surface area (Å²) in [5, 5.41) is 11.7. The van der Waals surface area contributed by atoms with Crippen LogP contribution in [0.2, 0.25) is 0 Å². The summed E-state index contributed by atoms with van der Waals surface area (Å²) in [6, 6.07) is 19.9. The molecule has 6 nitrogen and oxygen atoms in total. The molecule has 0 saturated carbocycles. The molecule has 0 aliphatic carbocycles. The number of hydrogen-bond acceptors (Lipinski definition) is 5. The van der Waals surface area contributed by atoms with Crippen LogP contribution in [0.3, 0.4) is 0 Å². The van der Waals surface area contributed by atoms with Crippen molar-refractivity contribution in [1.29, 1.82) is 0 Å². The van der Waals surface area contributed by atoms with Crippen LogP contribution in [-0.4, -0.2) is 28.0 Å². The van der Waals surface area contributed by atoms with Crippen molar-refractivity contribution < 1.29 is 9.53 Å². The van der Waals surface area contributed by atoms with E-state index in [-0.39, 0.29) is 0 Å². The lowest BCUT2D eigenvalue weighted by Crippen LogP contribution is -2.20. The predicted molar refractivity (Wildman–Crippen MR) is 140 cm³/mol. The minimum atomic E-state index is -0.400. The van der Waals surface area contributed by atoms with E-state index in [9.17, 15) is 4.79 Å². The van der Waals surface area contributed by atoms with E-state index >= 15 is 0 Å². The Morgan fingerprint density at radius 3 is 2.64 bits per heavy atom. The molecule has 0 spiro atoms. The molecule has 0 amide bonds. The van der Waals surface area contributed by atoms with Gasteiger partial charge in [-0.1, -0.05) is 42.5 Å². The molecule has 2 N–H and O–H groups in total. The van der Waals surface area contributed by atoms with Crippen molar-refractivity contribution in [1.82, 2.24) is 9.78 Å². The Morgan fingerprint density at radius 1 is 1.12 bits per heavy atom. The number of methoxy groups -OCH3 is 1. The zero-order chi connectivity index (χ0) is 23.2. The first-order valence-corrected chi connectivity index (χ1v) is 12.1. The van der Waals surface area contributed by atoms with Gasteiger partial charge in [-0.05, 0) is 57.5 Å². The summed E-state index contributed by atoms with van der Waals surface area (Å²) in [4.78, 5) is 13.4. The van der Waals surface area contributed by atoms with E-state index < -0.39 is 5.97 Å². The molecule has 2 aromatic carbocycles. The van der Waals surface area contributed by atoms with Crippen molar-refractivity contribution in [2.45, 2.75) is 13.0 Å². The normalized spacial score (nSPS) is 10.6. The maximum atomic E-state index is 12.3. The van der Waals surface area contributed by atoms with Crippen LogP contribution in [0.1, 0.15) is 26.4 Å². The molecule has 4 aromatic rings. The van der Waals surface area contributed by atoms with Crippen molar-refractivity contribution in [3.05, 3.63) is 99.1 Å². The summed E-state index contributed by atoms with van der Waals surface area (Å²) in [7, 11) is 1.38. The third-order valence-electron chi connectivity index (χ3n) is 4.77. The summed E-state index contributed by atoms with van der Waals surface area (Å²) in [5.41, 5.74) is 3.56. The lowest BCUT2D eigenvalue weighted by atomic mass is 10.1. The van der Waals surface area contributed by atoms with Crippen LogP contribution in [0.5, 0.6) is 0 Å². The number of ether oxygens (including phenoxy) is 1. The van der Waals surface area contributed by atoms with E-state index in [0.29, 0.717) is 22.2 Å². The Bertz CT molecular complexity index is 1270. The average Bonchev–Trinajstić information content (AvgIpc) is 3.39. The number of halogens is 1. The third-order valence-corrected chi connectivity index (χ3v) is 6.43. The zero-order valence-electron chi connectivity index (χ0n) is 17.7. The second-order valence-corrected chi connectivity index (χ2v) is 9.71. The number of benzene rings is 2. The maximum Gasteiger partial charge on any atom is 0.340 e. The molecule has 0 fully saturated rings. The number of rotatable bonds is 7. The summed E-state index contributed by atoms with van der Waals surface area (Å²) >= 11 is 10.4. The zero-order valence-corrected chi connectivity index (χ0v) is 21.0. The number of nitrogens with one attached hydrogen (secondary N) is 2. The maximum absolute atomic E-state index is 12.3. The van der Waals surface area contributed by atoms with E-state index in [2.05, 4.69) is 43.8 Å². The van der Waals surface area contributed by atoms with Crippen molar-refractivity contribution in [2.75, 3.05) is 17.7 Å². The molecule has 2 heterocycles. The first-order chi connectivity index (χ1) is 16.0. The number of carbonyl (C=O) groups is 1. The van der Waals surface area contributed by atoms with Crippen LogP contribution in [-0.2, 0) is 17.7 Å². The minimum Gasteiger partial charge on any atom is -0.465 e. The van der Waals surface area contributed by atoms with Gasteiger partial charge in [-0.2, -0.15) is 5.10 Å². The van der Waals surface area contributed by atoms with Gasteiger partial charge < -0.3 is 15.4 Å². The van der Waals surface area contributed by atoms with Crippen molar-refractivity contribution >= 4 is 61.3 Å². The standard InChI is InChI=1S/C24H21BrN4O2S2/c1-31-23(30)21-12-20(11-16-6-3-2-4-7-16)33-22(21)28-24(32)27-19-9-5-8-17(10-19)14-29-15-18(25)13-26-29/h2-10,12-13,15H,11,14H2,1H3,(H2,27,28,32). The Balaban J connectivity index is 1.46. The van der Waals surface area contributed by atoms with Gasteiger partial charge in [-0.25, -0.2) is 4.79 Å². The number of nitrogens with zero attached hydrogens (tertiary/aromatic N) is 2. The van der Waals surface area contributed by atoms with E-state index in [0.717, 1.165) is 27.0 Å². The van der Waals surface area contributed by atoms with Crippen LogP contribution >= 0.6 is 39.5 Å². The Labute approximate surface area is 209 Å². The largest absolute Gasteiger partial charge is 0.465 e. The van der Waals surface area contributed by atoms with Crippen molar-refractivity contribution in [2.24, 2.45) is 0 Å². The Morgan fingerprint density at radius 2 is 1.91 bits per heavy atom. The van der Waals surface area contributed by atoms with Crippen LogP contribution in [0, 0.1) is 0 Å². The van der Waals surface area contributed by atoms with E-state index in [1.54, 1.807) is 6.20 Å². The lowest BCUT2D eigenvalue weighted by molar-refractivity contribution is 0.0602. The van der Waals surface area contributed by atoms with Crippen molar-refractivity contribution in [3.63, 3.8) is 0 Å². The second-order valence-electron chi connectivity index (χ2n) is 7.25. The number of thiocarbonyl (C=S) groups is 1. The highest BCUT2D eigenvalue weighted by Gasteiger charge is 2.18. The molecule has 0 unspecified atom stereocenters. The summed E-state index contributed by atoms with van der Waals surface area (Å²) in [6.45, 7) is 0.640. The summed E-state index contributed by atoms with van der Waals surface area (Å²) in [5.74, 6) is -0.400. The highest BCUT2D eigenvalue weighted by molar-refractivity contribution is 9.10. The van der Waals surface area contributed by atoms with Crippen LogP contribution < -0.4 is 10.6 Å². The van der Waals surface area contributed by atoms with Gasteiger partial charge in [0.25, 0.3) is 0 Å². The molecule has 0 aliphatic rings. The van der Waals surface area contributed by atoms with E-state index in [1.807, 2.05) is 59.4 Å². The molecule has 0 atom stereocenters. The topological polar surface area (TPSA) is 68.2 Å². The molecule has 0 bridgehead atoms. The highest BCUT2D eigenvalue weighted by atomic mass is 79.9. The molecular weight excluding hydrogens is 520 g/mol.